The lowest BCUT2D eigenvalue weighted by atomic mass is 9.81. The van der Waals surface area contributed by atoms with Crippen molar-refractivity contribution in [3.8, 4) is 5.75 Å². The Morgan fingerprint density at radius 3 is 2.76 bits per heavy atom. The van der Waals surface area contributed by atoms with Crippen LogP contribution in [0.4, 0.5) is 0 Å². The van der Waals surface area contributed by atoms with Gasteiger partial charge in [-0.3, -0.25) is 4.79 Å². The fourth-order valence-corrected chi connectivity index (χ4v) is 2.96. The van der Waals surface area contributed by atoms with Crippen LogP contribution in [0.1, 0.15) is 64.4 Å². The van der Waals surface area contributed by atoms with Crippen LogP contribution in [-0.2, 0) is 9.53 Å². The molecule has 1 saturated carbocycles. The summed E-state index contributed by atoms with van der Waals surface area (Å²) in [5.74, 6) is 1.10. The number of hydrogen-bond donors (Lipinski definition) is 0. The minimum absolute atomic E-state index is 0.0144. The van der Waals surface area contributed by atoms with Gasteiger partial charge in [-0.05, 0) is 50.8 Å². The Morgan fingerprint density at radius 1 is 1.29 bits per heavy atom. The predicted molar refractivity (Wildman–Crippen MR) is 83.6 cm³/mol. The maximum Gasteiger partial charge on any atom is 0.305 e. The van der Waals surface area contributed by atoms with Crippen molar-refractivity contribution in [3.05, 3.63) is 29.8 Å². The van der Waals surface area contributed by atoms with Gasteiger partial charge in [-0.15, -0.1) is 0 Å². The Hall–Kier alpha value is -1.51. The van der Waals surface area contributed by atoms with Gasteiger partial charge in [0.15, 0.2) is 0 Å². The topological polar surface area (TPSA) is 35.5 Å². The van der Waals surface area contributed by atoms with Gasteiger partial charge in [-0.25, -0.2) is 0 Å². The molecule has 1 aliphatic carbocycles. The molecule has 0 saturated heterocycles. The van der Waals surface area contributed by atoms with E-state index in [1.54, 1.807) is 0 Å². The summed E-state index contributed by atoms with van der Waals surface area (Å²) in [6.07, 6.45) is 5.00. The Balaban J connectivity index is 2.14. The summed E-state index contributed by atoms with van der Waals surface area (Å²) in [6, 6.07) is 8.23. The third-order valence-electron chi connectivity index (χ3n) is 3.93. The van der Waals surface area contributed by atoms with E-state index in [-0.39, 0.29) is 18.2 Å². The van der Waals surface area contributed by atoms with Gasteiger partial charge in [0.1, 0.15) is 11.9 Å². The first kappa shape index (κ1) is 15.9. The van der Waals surface area contributed by atoms with Crippen LogP contribution in [-0.4, -0.2) is 18.2 Å². The molecule has 1 aliphatic rings. The van der Waals surface area contributed by atoms with E-state index in [9.17, 15) is 4.79 Å². The van der Waals surface area contributed by atoms with Gasteiger partial charge in [0.25, 0.3) is 0 Å². The van der Waals surface area contributed by atoms with Crippen LogP contribution in [0.2, 0.25) is 0 Å². The van der Waals surface area contributed by atoms with E-state index >= 15 is 0 Å². The predicted octanol–water partition coefficient (Wildman–Crippen LogP) is 4.45. The maximum absolute atomic E-state index is 11.6. The highest BCUT2D eigenvalue weighted by molar-refractivity contribution is 5.69. The second-order valence-corrected chi connectivity index (χ2v) is 6.01. The zero-order valence-corrected chi connectivity index (χ0v) is 13.3. The number of benzene rings is 1. The molecule has 0 radical (unpaired) electrons. The Morgan fingerprint density at radius 2 is 2.05 bits per heavy atom. The van der Waals surface area contributed by atoms with Gasteiger partial charge < -0.3 is 9.47 Å². The largest absolute Gasteiger partial charge is 0.491 e. The lowest BCUT2D eigenvalue weighted by Gasteiger charge is -2.31. The molecule has 0 heterocycles. The normalized spacial score (nSPS) is 22.1. The average Bonchev–Trinajstić information content (AvgIpc) is 2.47. The molecule has 0 spiro atoms. The number of ether oxygens (including phenoxy) is 2. The van der Waals surface area contributed by atoms with E-state index in [1.165, 1.54) is 12.0 Å². The molecule has 2 atom stereocenters. The summed E-state index contributed by atoms with van der Waals surface area (Å²) in [6.45, 7) is 5.90. The zero-order valence-electron chi connectivity index (χ0n) is 13.3. The van der Waals surface area contributed by atoms with E-state index in [0.29, 0.717) is 12.3 Å². The first-order chi connectivity index (χ1) is 10.1. The number of carbonyl (C=O) groups excluding carboxylic acids is 1. The van der Waals surface area contributed by atoms with E-state index in [4.69, 9.17) is 9.47 Å². The molecule has 0 amide bonds. The van der Waals surface area contributed by atoms with Crippen LogP contribution in [0, 0.1) is 0 Å². The molecule has 1 aromatic rings. The van der Waals surface area contributed by atoms with Crippen LogP contribution in [0.5, 0.6) is 5.75 Å². The molecule has 0 bridgehead atoms. The average molecular weight is 290 g/mol. The van der Waals surface area contributed by atoms with Crippen LogP contribution in [0.15, 0.2) is 24.3 Å². The van der Waals surface area contributed by atoms with E-state index in [2.05, 4.69) is 12.1 Å². The highest BCUT2D eigenvalue weighted by Crippen LogP contribution is 2.36. The van der Waals surface area contributed by atoms with Crippen molar-refractivity contribution in [1.29, 1.82) is 0 Å². The number of hydrogen-bond acceptors (Lipinski definition) is 3. The summed E-state index contributed by atoms with van der Waals surface area (Å²) in [4.78, 5) is 11.6. The van der Waals surface area contributed by atoms with Gasteiger partial charge >= 0.3 is 5.97 Å². The molecule has 1 fully saturated rings. The molecule has 116 valence electrons. The molecule has 0 aliphatic heterocycles. The van der Waals surface area contributed by atoms with Crippen LogP contribution >= 0.6 is 0 Å². The maximum atomic E-state index is 11.6. The fourth-order valence-electron chi connectivity index (χ4n) is 2.96. The molecule has 0 aromatic heterocycles. The van der Waals surface area contributed by atoms with Gasteiger partial charge in [0, 0.05) is 12.3 Å². The minimum Gasteiger partial charge on any atom is -0.491 e. The first-order valence-electron chi connectivity index (χ1n) is 8.06. The summed E-state index contributed by atoms with van der Waals surface area (Å²) < 4.78 is 11.4. The highest BCUT2D eigenvalue weighted by Gasteiger charge is 2.29. The first-order valence-corrected chi connectivity index (χ1v) is 8.06. The Kier molecular flexibility index (Phi) is 5.66. The lowest BCUT2D eigenvalue weighted by molar-refractivity contribution is -0.151. The smallest absolute Gasteiger partial charge is 0.305 e. The van der Waals surface area contributed by atoms with E-state index in [0.717, 1.165) is 25.0 Å². The van der Waals surface area contributed by atoms with Gasteiger partial charge in [0.05, 0.1) is 6.10 Å². The molecule has 0 N–H and O–H groups in total. The van der Waals surface area contributed by atoms with Gasteiger partial charge in [-0.1, -0.05) is 25.5 Å². The second kappa shape index (κ2) is 7.48. The second-order valence-electron chi connectivity index (χ2n) is 6.01. The third kappa shape index (κ3) is 4.48. The quantitative estimate of drug-likeness (QED) is 0.751. The third-order valence-corrected chi connectivity index (χ3v) is 3.93. The molecular weight excluding hydrogens is 264 g/mol. The van der Waals surface area contributed by atoms with Crippen molar-refractivity contribution in [2.45, 2.75) is 71.0 Å². The van der Waals surface area contributed by atoms with E-state index in [1.807, 2.05) is 32.9 Å². The highest BCUT2D eigenvalue weighted by atomic mass is 16.5. The Labute approximate surface area is 127 Å². The van der Waals surface area contributed by atoms with Gasteiger partial charge in [0.2, 0.25) is 0 Å². The SMILES string of the molecule is CCC(=O)O[C@H]1CCCC[C@@H]1c1cccc(OC(C)C)c1. The minimum atomic E-state index is -0.0958. The van der Waals surface area contributed by atoms with Crippen molar-refractivity contribution in [1.82, 2.24) is 0 Å². The standard InChI is InChI=1S/C18H26O3/c1-4-18(19)21-17-11-6-5-10-16(17)14-8-7-9-15(12-14)20-13(2)3/h7-9,12-13,16-17H,4-6,10-11H2,1-3H3/t16-,17+/m1/s1. The summed E-state index contributed by atoms with van der Waals surface area (Å²) in [7, 11) is 0. The number of esters is 1. The van der Waals surface area contributed by atoms with Crippen LogP contribution in [0.25, 0.3) is 0 Å². The van der Waals surface area contributed by atoms with Crippen molar-refractivity contribution < 1.29 is 14.3 Å². The van der Waals surface area contributed by atoms with E-state index < -0.39 is 0 Å². The van der Waals surface area contributed by atoms with Crippen molar-refractivity contribution >= 4 is 5.97 Å². The van der Waals surface area contributed by atoms with Gasteiger partial charge in [-0.2, -0.15) is 0 Å². The molecule has 21 heavy (non-hydrogen) atoms. The Bertz CT molecular complexity index is 467. The van der Waals surface area contributed by atoms with Crippen molar-refractivity contribution in [3.63, 3.8) is 0 Å². The molecular formula is C18H26O3. The zero-order chi connectivity index (χ0) is 15.2. The number of carbonyl (C=O) groups is 1. The molecule has 3 heteroatoms. The van der Waals surface area contributed by atoms with Crippen molar-refractivity contribution in [2.24, 2.45) is 0 Å². The van der Waals surface area contributed by atoms with Crippen LogP contribution in [0.3, 0.4) is 0 Å². The monoisotopic (exact) mass is 290 g/mol. The van der Waals surface area contributed by atoms with Crippen LogP contribution < -0.4 is 4.74 Å². The number of rotatable bonds is 5. The van der Waals surface area contributed by atoms with Crippen molar-refractivity contribution in [2.75, 3.05) is 0 Å². The summed E-state index contributed by atoms with van der Waals surface area (Å²) >= 11 is 0. The fraction of sp³-hybridized carbons (Fsp3) is 0.611. The lowest BCUT2D eigenvalue weighted by Crippen LogP contribution is -2.28. The summed E-state index contributed by atoms with van der Waals surface area (Å²) in [5.41, 5.74) is 1.22. The molecule has 2 rings (SSSR count). The summed E-state index contributed by atoms with van der Waals surface area (Å²) in [5, 5.41) is 0. The molecule has 0 unspecified atom stereocenters. The molecule has 3 nitrogen and oxygen atoms in total. The molecule has 1 aromatic carbocycles.